The molecule has 1 aliphatic heterocycles. The fourth-order valence-corrected chi connectivity index (χ4v) is 3.51. The van der Waals surface area contributed by atoms with Gasteiger partial charge in [-0.2, -0.15) is 0 Å². The number of ether oxygens (including phenoxy) is 3. The van der Waals surface area contributed by atoms with E-state index >= 15 is 0 Å². The quantitative estimate of drug-likeness (QED) is 0.249. The Bertz CT molecular complexity index is 814. The van der Waals surface area contributed by atoms with Gasteiger partial charge in [0.15, 0.2) is 0 Å². The van der Waals surface area contributed by atoms with Crippen LogP contribution in [-0.2, 0) is 23.8 Å². The highest BCUT2D eigenvalue weighted by molar-refractivity contribution is 5.70. The summed E-state index contributed by atoms with van der Waals surface area (Å²) in [6.07, 6.45) is 5.95. The molecule has 1 aliphatic rings. The van der Waals surface area contributed by atoms with Crippen LogP contribution in [0.5, 0.6) is 0 Å². The maximum Gasteiger partial charge on any atom is 0.409 e. The van der Waals surface area contributed by atoms with Gasteiger partial charge in [0.1, 0.15) is 17.8 Å². The first-order chi connectivity index (χ1) is 16.2. The van der Waals surface area contributed by atoms with Crippen LogP contribution < -0.4 is 0 Å². The number of hydrogen-bond acceptors (Lipinski definition) is 8. The molecule has 0 saturated heterocycles. The van der Waals surface area contributed by atoms with Crippen molar-refractivity contribution in [1.29, 1.82) is 0 Å². The van der Waals surface area contributed by atoms with Crippen molar-refractivity contribution >= 4 is 18.0 Å². The van der Waals surface area contributed by atoms with Crippen LogP contribution in [0.3, 0.4) is 0 Å². The van der Waals surface area contributed by atoms with Crippen LogP contribution in [0, 0.1) is 11.8 Å². The molecule has 0 spiro atoms. The highest BCUT2D eigenvalue weighted by atomic mass is 16.6. The van der Waals surface area contributed by atoms with E-state index in [1.807, 2.05) is 39.0 Å². The van der Waals surface area contributed by atoms with E-state index in [1.54, 1.807) is 26.2 Å². The number of aliphatic hydroxyl groups excluding tert-OH is 1. The Morgan fingerprint density at radius 2 is 1.97 bits per heavy atom. The molecule has 198 valence electrons. The zero-order chi connectivity index (χ0) is 26.8. The van der Waals surface area contributed by atoms with Gasteiger partial charge in [-0.05, 0) is 38.3 Å². The van der Waals surface area contributed by atoms with Gasteiger partial charge in [-0.25, -0.2) is 4.79 Å². The van der Waals surface area contributed by atoms with Crippen molar-refractivity contribution in [3.63, 3.8) is 0 Å². The molecule has 0 fully saturated rings. The summed E-state index contributed by atoms with van der Waals surface area (Å²) >= 11 is 0. The van der Waals surface area contributed by atoms with Crippen LogP contribution in [0.25, 0.3) is 0 Å². The Morgan fingerprint density at radius 1 is 1.31 bits per heavy atom. The molecule has 0 radical (unpaired) electrons. The van der Waals surface area contributed by atoms with Crippen molar-refractivity contribution in [2.45, 2.75) is 77.8 Å². The second-order valence-corrected chi connectivity index (χ2v) is 9.68. The Labute approximate surface area is 208 Å². The molecule has 9 heteroatoms. The average Bonchev–Trinajstić information content (AvgIpc) is 2.75. The summed E-state index contributed by atoms with van der Waals surface area (Å²) in [5.41, 5.74) is -0.659. The number of cyclic esters (lactones) is 1. The highest BCUT2D eigenvalue weighted by Crippen LogP contribution is 2.26. The Balaban J connectivity index is 3.09. The number of aliphatic hydroxyl groups is 2. The van der Waals surface area contributed by atoms with E-state index in [-0.39, 0.29) is 37.7 Å². The van der Waals surface area contributed by atoms with Gasteiger partial charge in [-0.1, -0.05) is 38.2 Å². The third-order valence-corrected chi connectivity index (χ3v) is 5.70. The van der Waals surface area contributed by atoms with E-state index in [4.69, 9.17) is 14.2 Å². The number of esters is 2. The zero-order valence-electron chi connectivity index (χ0n) is 21.9. The van der Waals surface area contributed by atoms with E-state index in [9.17, 15) is 24.6 Å². The number of allylic oxidation sites excluding steroid dienone is 2. The summed E-state index contributed by atoms with van der Waals surface area (Å²) in [4.78, 5) is 37.0. The van der Waals surface area contributed by atoms with Crippen LogP contribution in [0.2, 0.25) is 0 Å². The molecule has 1 rings (SSSR count). The molecule has 0 unspecified atom stereocenters. The molecule has 0 aliphatic carbocycles. The SMILES string of the molecule is CC(=O)O[C@H]1/C=C/[C@H](C)[C@@H](/C(C)=C/C=C/[C@@H](C)COC(=O)N(C)C)OC(=O)C[C@H](O)CC[C@@]1(C)O. The van der Waals surface area contributed by atoms with Crippen molar-refractivity contribution in [3.05, 3.63) is 36.0 Å². The van der Waals surface area contributed by atoms with Crippen LogP contribution in [0.4, 0.5) is 4.79 Å². The van der Waals surface area contributed by atoms with Crippen molar-refractivity contribution in [2.24, 2.45) is 11.8 Å². The molecule has 0 aromatic carbocycles. The fraction of sp³-hybridized carbons (Fsp3) is 0.654. The standard InChI is InChI=1S/C26H41NO8/c1-17(16-33-25(31)27(6)7)9-8-10-18(2)24-19(3)11-12-22(34-20(4)28)26(5,32)14-13-21(29)15-23(30)35-24/h8-12,17,19,21-22,24,29,32H,13-16H2,1-7H3/b9-8+,12-11+,18-10+/t17-,19+,21-,22+,24-,26-/m1/s1. The maximum absolute atomic E-state index is 12.5. The van der Waals surface area contributed by atoms with E-state index < -0.39 is 41.9 Å². The minimum Gasteiger partial charge on any atom is -0.457 e. The first-order valence-electron chi connectivity index (χ1n) is 11.9. The van der Waals surface area contributed by atoms with E-state index in [2.05, 4.69) is 0 Å². The van der Waals surface area contributed by atoms with Gasteiger partial charge in [0.25, 0.3) is 0 Å². The van der Waals surface area contributed by atoms with Gasteiger partial charge < -0.3 is 29.3 Å². The predicted octanol–water partition coefficient (Wildman–Crippen LogP) is 3.15. The van der Waals surface area contributed by atoms with E-state index in [0.717, 1.165) is 5.57 Å². The lowest BCUT2D eigenvalue weighted by Gasteiger charge is -2.32. The second-order valence-electron chi connectivity index (χ2n) is 9.68. The van der Waals surface area contributed by atoms with Crippen molar-refractivity contribution in [2.75, 3.05) is 20.7 Å². The van der Waals surface area contributed by atoms with Crippen LogP contribution in [-0.4, -0.2) is 77.8 Å². The minimum atomic E-state index is -1.42. The molecule has 1 heterocycles. The summed E-state index contributed by atoms with van der Waals surface area (Å²) < 4.78 is 16.2. The summed E-state index contributed by atoms with van der Waals surface area (Å²) in [5, 5.41) is 21.2. The summed E-state index contributed by atoms with van der Waals surface area (Å²) in [6, 6.07) is 0. The van der Waals surface area contributed by atoms with Gasteiger partial charge in [0.2, 0.25) is 0 Å². The number of nitrogens with zero attached hydrogens (tertiary/aromatic N) is 1. The maximum atomic E-state index is 12.5. The van der Waals surface area contributed by atoms with Gasteiger partial charge >= 0.3 is 18.0 Å². The van der Waals surface area contributed by atoms with Gasteiger partial charge in [0.05, 0.1) is 19.1 Å². The van der Waals surface area contributed by atoms with Crippen molar-refractivity contribution in [3.8, 4) is 0 Å². The van der Waals surface area contributed by atoms with Crippen LogP contribution >= 0.6 is 0 Å². The number of carbonyl (C=O) groups is 3. The molecule has 6 atom stereocenters. The zero-order valence-corrected chi connectivity index (χ0v) is 21.9. The van der Waals surface area contributed by atoms with Crippen molar-refractivity contribution in [1.82, 2.24) is 4.90 Å². The molecule has 0 aromatic rings. The van der Waals surface area contributed by atoms with Crippen LogP contribution in [0.1, 0.15) is 53.9 Å². The van der Waals surface area contributed by atoms with Crippen molar-refractivity contribution < 1.29 is 38.8 Å². The molecule has 9 nitrogen and oxygen atoms in total. The number of rotatable bonds is 6. The molecule has 2 N–H and O–H groups in total. The molecule has 35 heavy (non-hydrogen) atoms. The predicted molar refractivity (Wildman–Crippen MR) is 131 cm³/mol. The molecule has 1 amide bonds. The smallest absolute Gasteiger partial charge is 0.409 e. The average molecular weight is 496 g/mol. The highest BCUT2D eigenvalue weighted by Gasteiger charge is 2.35. The molecule has 0 bridgehead atoms. The lowest BCUT2D eigenvalue weighted by molar-refractivity contribution is -0.157. The first kappa shape index (κ1) is 30.4. The summed E-state index contributed by atoms with van der Waals surface area (Å²) in [6.45, 7) is 8.62. The van der Waals surface area contributed by atoms with Crippen LogP contribution in [0.15, 0.2) is 36.0 Å². The molecule has 0 saturated carbocycles. The Hall–Kier alpha value is -2.65. The lowest BCUT2D eigenvalue weighted by Crippen LogP contribution is -2.42. The topological polar surface area (TPSA) is 123 Å². The van der Waals surface area contributed by atoms with Gasteiger partial charge in [-0.3, -0.25) is 9.59 Å². The van der Waals surface area contributed by atoms with Gasteiger partial charge in [0, 0.05) is 32.9 Å². The van der Waals surface area contributed by atoms with Gasteiger partial charge in [-0.15, -0.1) is 0 Å². The van der Waals surface area contributed by atoms with E-state index in [1.165, 1.54) is 18.7 Å². The monoisotopic (exact) mass is 495 g/mol. The largest absolute Gasteiger partial charge is 0.457 e. The normalized spacial score (nSPS) is 30.4. The summed E-state index contributed by atoms with van der Waals surface area (Å²) in [5.74, 6) is -1.41. The number of carbonyl (C=O) groups excluding carboxylic acids is 3. The second kappa shape index (κ2) is 14.0. The molecular weight excluding hydrogens is 454 g/mol. The lowest BCUT2D eigenvalue weighted by atomic mass is 9.88. The Morgan fingerprint density at radius 3 is 2.57 bits per heavy atom. The molecule has 0 aromatic heterocycles. The van der Waals surface area contributed by atoms with E-state index in [0.29, 0.717) is 0 Å². The number of hydrogen-bond donors (Lipinski definition) is 2. The molecular formula is C26H41NO8. The minimum absolute atomic E-state index is 0.0269. The third-order valence-electron chi connectivity index (χ3n) is 5.70. The fourth-order valence-electron chi connectivity index (χ4n) is 3.51. The third kappa shape index (κ3) is 11.1. The first-order valence-corrected chi connectivity index (χ1v) is 11.9. The summed E-state index contributed by atoms with van der Waals surface area (Å²) in [7, 11) is 3.23. The Kier molecular flexibility index (Phi) is 12.2. The number of amides is 1.